The van der Waals surface area contributed by atoms with Gasteiger partial charge in [-0.2, -0.15) is 0 Å². The second-order valence-corrected chi connectivity index (χ2v) is 5.08. The van der Waals surface area contributed by atoms with Gasteiger partial charge in [0.25, 0.3) is 0 Å². The molecule has 17 heavy (non-hydrogen) atoms. The number of fused-ring (bicyclic) bond motifs is 1. The molecule has 1 aromatic heterocycles. The zero-order valence-corrected chi connectivity index (χ0v) is 10.5. The Morgan fingerprint density at radius 1 is 1.53 bits per heavy atom. The van der Waals surface area contributed by atoms with Crippen LogP contribution in [0.1, 0.15) is 11.8 Å². The highest BCUT2D eigenvalue weighted by Gasteiger charge is 2.09. The normalized spacial score (nSPS) is 12.6. The molecular weight excluding hydrogens is 232 g/mol. The van der Waals surface area contributed by atoms with Crippen LogP contribution in [-0.2, 0) is 0 Å². The smallest absolute Gasteiger partial charge is 0.133 e. The lowest BCUT2D eigenvalue weighted by Gasteiger charge is -2.13. The number of nitrogens with one attached hydrogen (secondary N) is 2. The fraction of sp³-hybridized carbons (Fsp3) is 0.250. The Balaban J connectivity index is 2.45. The summed E-state index contributed by atoms with van der Waals surface area (Å²) in [6.07, 6.45) is 0. The Labute approximate surface area is 104 Å². The molecule has 4 nitrogen and oxygen atoms in total. The summed E-state index contributed by atoms with van der Waals surface area (Å²) >= 11 is 1.53. The lowest BCUT2D eigenvalue weighted by molar-refractivity contribution is 0.805. The third kappa shape index (κ3) is 2.40. The van der Waals surface area contributed by atoms with Crippen molar-refractivity contribution in [2.24, 2.45) is 11.5 Å². The number of hydrogen-bond acceptors (Lipinski definition) is 4. The summed E-state index contributed by atoms with van der Waals surface area (Å²) in [7, 11) is 0. The fourth-order valence-electron chi connectivity index (χ4n) is 1.63. The molecule has 0 saturated heterocycles. The highest BCUT2D eigenvalue weighted by atomic mass is 32.1. The van der Waals surface area contributed by atoms with Crippen LogP contribution in [0.25, 0.3) is 10.1 Å². The third-order valence-corrected chi connectivity index (χ3v) is 3.78. The lowest BCUT2D eigenvalue weighted by atomic mass is 10.2. The van der Waals surface area contributed by atoms with Crippen LogP contribution in [0.3, 0.4) is 0 Å². The fourth-order valence-corrected chi connectivity index (χ4v) is 2.63. The van der Waals surface area contributed by atoms with Crippen LogP contribution in [0, 0.1) is 5.41 Å². The number of nitrogens with two attached hydrogens (primary N) is 2. The number of hydrogen-bond donors (Lipinski definition) is 4. The van der Waals surface area contributed by atoms with E-state index in [1.807, 2.05) is 31.2 Å². The summed E-state index contributed by atoms with van der Waals surface area (Å²) in [6.45, 7) is 2.62. The van der Waals surface area contributed by atoms with Crippen molar-refractivity contribution in [3.63, 3.8) is 0 Å². The first-order valence-electron chi connectivity index (χ1n) is 5.45. The highest BCUT2D eigenvalue weighted by Crippen LogP contribution is 2.32. The number of nitrogen functional groups attached to an aromatic ring is 1. The van der Waals surface area contributed by atoms with Gasteiger partial charge in [-0.3, -0.25) is 5.41 Å². The maximum Gasteiger partial charge on any atom is 0.133 e. The van der Waals surface area contributed by atoms with Gasteiger partial charge in [-0.1, -0.05) is 12.1 Å². The molecule has 2 rings (SSSR count). The Kier molecular flexibility index (Phi) is 3.31. The Morgan fingerprint density at radius 3 is 2.94 bits per heavy atom. The Hall–Kier alpha value is -1.59. The van der Waals surface area contributed by atoms with Crippen molar-refractivity contribution in [1.82, 2.24) is 0 Å². The van der Waals surface area contributed by atoms with Gasteiger partial charge in [-0.05, 0) is 24.4 Å². The molecule has 1 heterocycles. The molecule has 0 amide bonds. The zero-order valence-electron chi connectivity index (χ0n) is 9.66. The summed E-state index contributed by atoms with van der Waals surface area (Å²) in [5.74, 6) is 0.115. The molecule has 1 atom stereocenters. The van der Waals surface area contributed by atoms with Crippen LogP contribution >= 0.6 is 11.3 Å². The number of amidine groups is 1. The SMILES string of the molecule is CC(CN)Nc1cccc2cc(C(=N)N)sc12. The van der Waals surface area contributed by atoms with Gasteiger partial charge in [0, 0.05) is 12.6 Å². The second kappa shape index (κ2) is 4.73. The number of thiophene rings is 1. The molecule has 1 unspecified atom stereocenters. The Bertz CT molecular complexity index is 546. The van der Waals surface area contributed by atoms with Gasteiger partial charge in [0.1, 0.15) is 5.84 Å². The van der Waals surface area contributed by atoms with E-state index in [9.17, 15) is 0 Å². The molecule has 6 N–H and O–H groups in total. The van der Waals surface area contributed by atoms with Crippen molar-refractivity contribution in [1.29, 1.82) is 5.41 Å². The average Bonchev–Trinajstić information content (AvgIpc) is 2.74. The van der Waals surface area contributed by atoms with Gasteiger partial charge < -0.3 is 16.8 Å². The Morgan fingerprint density at radius 2 is 2.29 bits per heavy atom. The molecular formula is C12H16N4S. The molecule has 90 valence electrons. The lowest BCUT2D eigenvalue weighted by Crippen LogP contribution is -2.25. The quantitative estimate of drug-likeness (QED) is 0.492. The van der Waals surface area contributed by atoms with Gasteiger partial charge >= 0.3 is 0 Å². The summed E-state index contributed by atoms with van der Waals surface area (Å²) in [4.78, 5) is 0.801. The molecule has 2 aromatic rings. The first-order chi connectivity index (χ1) is 8.11. The van der Waals surface area contributed by atoms with Crippen molar-refractivity contribution in [3.05, 3.63) is 29.1 Å². The maximum absolute atomic E-state index is 7.46. The van der Waals surface area contributed by atoms with Crippen molar-refractivity contribution >= 4 is 32.9 Å². The van der Waals surface area contributed by atoms with Crippen molar-refractivity contribution in [3.8, 4) is 0 Å². The van der Waals surface area contributed by atoms with Crippen LogP contribution < -0.4 is 16.8 Å². The van der Waals surface area contributed by atoms with E-state index >= 15 is 0 Å². The van der Waals surface area contributed by atoms with Gasteiger partial charge in [0.2, 0.25) is 0 Å². The highest BCUT2D eigenvalue weighted by molar-refractivity contribution is 7.21. The average molecular weight is 248 g/mol. The maximum atomic E-state index is 7.46. The van der Waals surface area contributed by atoms with E-state index in [-0.39, 0.29) is 11.9 Å². The van der Waals surface area contributed by atoms with Crippen LogP contribution in [0.15, 0.2) is 24.3 Å². The van der Waals surface area contributed by atoms with E-state index < -0.39 is 0 Å². The van der Waals surface area contributed by atoms with Crippen molar-refractivity contribution in [2.75, 3.05) is 11.9 Å². The van der Waals surface area contributed by atoms with E-state index in [1.54, 1.807) is 0 Å². The first-order valence-corrected chi connectivity index (χ1v) is 6.27. The van der Waals surface area contributed by atoms with Gasteiger partial charge in [-0.25, -0.2) is 0 Å². The molecule has 5 heteroatoms. The molecule has 0 aliphatic heterocycles. The van der Waals surface area contributed by atoms with E-state index in [1.165, 1.54) is 11.3 Å². The standard InChI is InChI=1S/C12H16N4S/c1-7(6-13)16-9-4-2-3-8-5-10(12(14)15)17-11(8)9/h2-5,7,16H,6,13H2,1H3,(H3,14,15). The predicted molar refractivity (Wildman–Crippen MR) is 75.0 cm³/mol. The topological polar surface area (TPSA) is 87.9 Å². The third-order valence-electron chi connectivity index (χ3n) is 2.57. The summed E-state index contributed by atoms with van der Waals surface area (Å²) in [5.41, 5.74) is 12.2. The molecule has 0 bridgehead atoms. The van der Waals surface area contributed by atoms with E-state index in [0.717, 1.165) is 20.7 Å². The number of rotatable bonds is 4. The van der Waals surface area contributed by atoms with E-state index in [4.69, 9.17) is 16.9 Å². The van der Waals surface area contributed by atoms with Gasteiger partial charge in [-0.15, -0.1) is 11.3 Å². The molecule has 0 aliphatic rings. The zero-order chi connectivity index (χ0) is 12.4. The van der Waals surface area contributed by atoms with Crippen LogP contribution in [0.5, 0.6) is 0 Å². The molecule has 1 aromatic carbocycles. The van der Waals surface area contributed by atoms with Crippen LogP contribution in [0.4, 0.5) is 5.69 Å². The minimum atomic E-state index is 0.115. The first kappa shape index (κ1) is 11.9. The van der Waals surface area contributed by atoms with Gasteiger partial charge in [0.15, 0.2) is 0 Å². The molecule has 0 spiro atoms. The van der Waals surface area contributed by atoms with Crippen LogP contribution in [0.2, 0.25) is 0 Å². The van der Waals surface area contributed by atoms with Crippen LogP contribution in [-0.4, -0.2) is 18.4 Å². The summed E-state index contributed by atoms with van der Waals surface area (Å²) in [6, 6.07) is 8.21. The second-order valence-electron chi connectivity index (χ2n) is 4.03. The largest absolute Gasteiger partial charge is 0.383 e. The minimum absolute atomic E-state index is 0.115. The minimum Gasteiger partial charge on any atom is -0.383 e. The molecule has 0 saturated carbocycles. The van der Waals surface area contributed by atoms with E-state index in [0.29, 0.717) is 6.54 Å². The van der Waals surface area contributed by atoms with Crippen molar-refractivity contribution < 1.29 is 0 Å². The summed E-state index contributed by atoms with van der Waals surface area (Å²) < 4.78 is 1.12. The predicted octanol–water partition coefficient (Wildman–Crippen LogP) is 1.94. The van der Waals surface area contributed by atoms with Gasteiger partial charge in [0.05, 0.1) is 15.3 Å². The monoisotopic (exact) mass is 248 g/mol. The number of anilines is 1. The molecule has 0 fully saturated rings. The molecule has 0 aliphatic carbocycles. The number of benzene rings is 1. The molecule has 0 radical (unpaired) electrons. The van der Waals surface area contributed by atoms with Crippen molar-refractivity contribution in [2.45, 2.75) is 13.0 Å². The van der Waals surface area contributed by atoms with E-state index in [2.05, 4.69) is 5.32 Å². The summed E-state index contributed by atoms with van der Waals surface area (Å²) in [5, 5.41) is 11.9.